The zero-order chi connectivity index (χ0) is 9.42. The first-order valence-corrected chi connectivity index (χ1v) is 4.54. The lowest BCUT2D eigenvalue weighted by atomic mass is 10.2. The van der Waals surface area contributed by atoms with Crippen LogP contribution in [0.1, 0.15) is 5.69 Å². The maximum Gasteiger partial charge on any atom is 0.146 e. The maximum atomic E-state index is 8.87. The van der Waals surface area contributed by atoms with Crippen LogP contribution in [0.15, 0.2) is 22.7 Å². The van der Waals surface area contributed by atoms with Gasteiger partial charge in [-0.2, -0.15) is 10.4 Å². The quantitative estimate of drug-likeness (QED) is 0.703. The molecule has 0 atom stereocenters. The lowest BCUT2D eigenvalue weighted by Crippen LogP contribution is -1.92. The van der Waals surface area contributed by atoms with Gasteiger partial charge in [0.15, 0.2) is 0 Å². The fourth-order valence-electron chi connectivity index (χ4n) is 1.31. The number of fused-ring (bicyclic) bond motifs is 1. The number of rotatable bonds is 0. The molecule has 0 radical (unpaired) electrons. The lowest BCUT2D eigenvalue weighted by Gasteiger charge is -1.89. The van der Waals surface area contributed by atoms with Crippen LogP contribution in [0, 0.1) is 11.3 Å². The van der Waals surface area contributed by atoms with E-state index in [9.17, 15) is 0 Å². The minimum absolute atomic E-state index is 0.594. The Morgan fingerprint density at radius 3 is 3.00 bits per heavy atom. The van der Waals surface area contributed by atoms with Gasteiger partial charge in [0.2, 0.25) is 0 Å². The number of nitriles is 1. The number of aryl methyl sites for hydroxylation is 1. The molecule has 1 heterocycles. The Balaban J connectivity index is 2.96. The minimum Gasteiger partial charge on any atom is -0.257 e. The molecule has 64 valence electrons. The van der Waals surface area contributed by atoms with Gasteiger partial charge in [-0.05, 0) is 28.1 Å². The van der Waals surface area contributed by atoms with E-state index in [-0.39, 0.29) is 0 Å². The van der Waals surface area contributed by atoms with Gasteiger partial charge in [-0.15, -0.1) is 0 Å². The van der Waals surface area contributed by atoms with Crippen LogP contribution in [-0.2, 0) is 7.05 Å². The topological polar surface area (TPSA) is 41.6 Å². The Labute approximate surface area is 83.7 Å². The second-order valence-electron chi connectivity index (χ2n) is 2.72. The van der Waals surface area contributed by atoms with Gasteiger partial charge in [-0.1, -0.05) is 6.07 Å². The number of hydrogen-bond acceptors (Lipinski definition) is 2. The van der Waals surface area contributed by atoms with Crippen LogP contribution in [-0.4, -0.2) is 9.78 Å². The molecule has 0 spiro atoms. The van der Waals surface area contributed by atoms with Crippen LogP contribution >= 0.6 is 15.9 Å². The molecule has 0 saturated carbocycles. The molecule has 0 saturated heterocycles. The van der Waals surface area contributed by atoms with Crippen LogP contribution in [0.25, 0.3) is 10.9 Å². The van der Waals surface area contributed by atoms with E-state index in [1.54, 1.807) is 11.7 Å². The van der Waals surface area contributed by atoms with E-state index >= 15 is 0 Å². The summed E-state index contributed by atoms with van der Waals surface area (Å²) in [6.07, 6.45) is 0. The summed E-state index contributed by atoms with van der Waals surface area (Å²) in [6, 6.07) is 7.83. The number of benzene rings is 1. The Morgan fingerprint density at radius 1 is 1.54 bits per heavy atom. The van der Waals surface area contributed by atoms with Gasteiger partial charge in [0.25, 0.3) is 0 Å². The molecule has 0 fully saturated rings. The molecule has 0 bridgehead atoms. The Hall–Kier alpha value is -1.34. The third-order valence-electron chi connectivity index (χ3n) is 1.92. The summed E-state index contributed by atoms with van der Waals surface area (Å²) in [6.45, 7) is 0. The summed E-state index contributed by atoms with van der Waals surface area (Å²) in [4.78, 5) is 0. The van der Waals surface area contributed by atoms with E-state index in [0.717, 1.165) is 15.4 Å². The predicted octanol–water partition coefficient (Wildman–Crippen LogP) is 2.21. The second-order valence-corrected chi connectivity index (χ2v) is 3.57. The van der Waals surface area contributed by atoms with Crippen LogP contribution in [0.2, 0.25) is 0 Å². The maximum absolute atomic E-state index is 8.87. The molecular weight excluding hydrogens is 230 g/mol. The SMILES string of the molecule is Cn1nc2c(Br)cccc2c1C#N. The highest BCUT2D eigenvalue weighted by Gasteiger charge is 2.09. The van der Waals surface area contributed by atoms with Gasteiger partial charge in [0.1, 0.15) is 17.3 Å². The van der Waals surface area contributed by atoms with Crippen molar-refractivity contribution in [3.63, 3.8) is 0 Å². The van der Waals surface area contributed by atoms with Crippen molar-refractivity contribution in [3.8, 4) is 6.07 Å². The largest absolute Gasteiger partial charge is 0.257 e. The van der Waals surface area contributed by atoms with Crippen molar-refractivity contribution >= 4 is 26.8 Å². The Kier molecular flexibility index (Phi) is 1.82. The number of hydrogen-bond donors (Lipinski definition) is 0. The lowest BCUT2D eigenvalue weighted by molar-refractivity contribution is 0.767. The molecule has 13 heavy (non-hydrogen) atoms. The Morgan fingerprint density at radius 2 is 2.31 bits per heavy atom. The molecule has 2 rings (SSSR count). The molecule has 0 aliphatic rings. The highest BCUT2D eigenvalue weighted by molar-refractivity contribution is 9.10. The standard InChI is InChI=1S/C9H6BrN3/c1-13-8(5-11)6-3-2-4-7(10)9(6)12-13/h2-4H,1H3. The summed E-state index contributed by atoms with van der Waals surface area (Å²) in [7, 11) is 1.77. The van der Waals surface area contributed by atoms with E-state index < -0.39 is 0 Å². The summed E-state index contributed by atoms with van der Waals surface area (Å²) in [5, 5.41) is 14.0. The smallest absolute Gasteiger partial charge is 0.146 e. The van der Waals surface area contributed by atoms with Gasteiger partial charge in [0.05, 0.1) is 0 Å². The van der Waals surface area contributed by atoms with Crippen LogP contribution < -0.4 is 0 Å². The molecular formula is C9H6BrN3. The van der Waals surface area contributed by atoms with Gasteiger partial charge >= 0.3 is 0 Å². The fourth-order valence-corrected chi connectivity index (χ4v) is 1.76. The van der Waals surface area contributed by atoms with Crippen molar-refractivity contribution in [2.24, 2.45) is 7.05 Å². The first-order chi connectivity index (χ1) is 6.24. The number of halogens is 1. The van der Waals surface area contributed by atoms with E-state index in [1.807, 2.05) is 18.2 Å². The zero-order valence-corrected chi connectivity index (χ0v) is 8.54. The van der Waals surface area contributed by atoms with Crippen molar-refractivity contribution < 1.29 is 0 Å². The molecule has 0 amide bonds. The fraction of sp³-hybridized carbons (Fsp3) is 0.111. The molecule has 2 aromatic rings. The van der Waals surface area contributed by atoms with E-state index in [0.29, 0.717) is 5.69 Å². The summed E-state index contributed by atoms with van der Waals surface area (Å²) < 4.78 is 2.51. The van der Waals surface area contributed by atoms with Crippen molar-refractivity contribution in [1.82, 2.24) is 9.78 Å². The van der Waals surface area contributed by atoms with Crippen molar-refractivity contribution in [1.29, 1.82) is 5.26 Å². The van der Waals surface area contributed by atoms with Crippen LogP contribution in [0.3, 0.4) is 0 Å². The van der Waals surface area contributed by atoms with Gasteiger partial charge in [-0.3, -0.25) is 4.68 Å². The monoisotopic (exact) mass is 235 g/mol. The normalized spacial score (nSPS) is 10.2. The second kappa shape index (κ2) is 2.86. The Bertz CT molecular complexity index is 507. The average Bonchev–Trinajstić information content (AvgIpc) is 2.43. The molecule has 0 aliphatic carbocycles. The molecule has 4 heteroatoms. The third-order valence-corrected chi connectivity index (χ3v) is 2.56. The first kappa shape index (κ1) is 8.27. The van der Waals surface area contributed by atoms with Gasteiger partial charge < -0.3 is 0 Å². The minimum atomic E-state index is 0.594. The van der Waals surface area contributed by atoms with Crippen LogP contribution in [0.5, 0.6) is 0 Å². The van der Waals surface area contributed by atoms with Gasteiger partial charge in [-0.25, -0.2) is 0 Å². The van der Waals surface area contributed by atoms with Crippen molar-refractivity contribution in [2.45, 2.75) is 0 Å². The van der Waals surface area contributed by atoms with E-state index in [4.69, 9.17) is 5.26 Å². The van der Waals surface area contributed by atoms with Gasteiger partial charge in [0, 0.05) is 16.9 Å². The molecule has 0 N–H and O–H groups in total. The van der Waals surface area contributed by atoms with E-state index in [1.165, 1.54) is 0 Å². The average molecular weight is 236 g/mol. The highest BCUT2D eigenvalue weighted by Crippen LogP contribution is 2.24. The highest BCUT2D eigenvalue weighted by atomic mass is 79.9. The van der Waals surface area contributed by atoms with Crippen molar-refractivity contribution in [2.75, 3.05) is 0 Å². The summed E-state index contributed by atoms with van der Waals surface area (Å²) in [5.74, 6) is 0. The van der Waals surface area contributed by atoms with E-state index in [2.05, 4.69) is 27.1 Å². The molecule has 1 aromatic carbocycles. The molecule has 0 unspecified atom stereocenters. The first-order valence-electron chi connectivity index (χ1n) is 3.75. The zero-order valence-electron chi connectivity index (χ0n) is 6.95. The summed E-state index contributed by atoms with van der Waals surface area (Å²) in [5.41, 5.74) is 1.43. The summed E-state index contributed by atoms with van der Waals surface area (Å²) >= 11 is 3.39. The van der Waals surface area contributed by atoms with Crippen molar-refractivity contribution in [3.05, 3.63) is 28.4 Å². The molecule has 0 aliphatic heterocycles. The number of nitrogens with zero attached hydrogens (tertiary/aromatic N) is 3. The number of aromatic nitrogens is 2. The molecule has 1 aromatic heterocycles. The predicted molar refractivity (Wildman–Crippen MR) is 53.1 cm³/mol. The molecule has 3 nitrogen and oxygen atoms in total. The third kappa shape index (κ3) is 1.12. The van der Waals surface area contributed by atoms with Crippen LogP contribution in [0.4, 0.5) is 0 Å².